The Bertz CT molecular complexity index is 1070. The Hall–Kier alpha value is -3.46. The van der Waals surface area contributed by atoms with E-state index in [4.69, 9.17) is 11.5 Å². The maximum Gasteiger partial charge on any atom is 0.133 e. The molecule has 162 valence electrons. The minimum Gasteiger partial charge on any atom is -0.511 e. The molecule has 1 atom stereocenters. The SMILES string of the molecule is C=C(/C=C\C(O)=C(/C)N)C1(/C(C)=C/C=C(/O)CN)C(C)=C(/C=C\C)C2=C1C=CC=C=C2. The van der Waals surface area contributed by atoms with Gasteiger partial charge in [0.2, 0.25) is 0 Å². The molecule has 0 radical (unpaired) electrons. The lowest BCUT2D eigenvalue weighted by Gasteiger charge is -2.36. The predicted molar refractivity (Wildman–Crippen MR) is 130 cm³/mol. The number of hydrogen-bond donors (Lipinski definition) is 4. The Balaban J connectivity index is 2.88. The number of allylic oxidation sites excluding steroid dienone is 16. The smallest absolute Gasteiger partial charge is 0.133 e. The molecular weight excluding hydrogens is 384 g/mol. The summed E-state index contributed by atoms with van der Waals surface area (Å²) in [5.41, 5.74) is 20.1. The topological polar surface area (TPSA) is 92.5 Å². The Labute approximate surface area is 185 Å². The van der Waals surface area contributed by atoms with Gasteiger partial charge in [0.05, 0.1) is 12.0 Å². The zero-order valence-corrected chi connectivity index (χ0v) is 18.7. The van der Waals surface area contributed by atoms with Crippen molar-refractivity contribution in [3.63, 3.8) is 0 Å². The highest BCUT2D eigenvalue weighted by Crippen LogP contribution is 2.57. The van der Waals surface area contributed by atoms with E-state index in [-0.39, 0.29) is 18.1 Å². The molecule has 0 heterocycles. The first-order valence-electron chi connectivity index (χ1n) is 10.2. The van der Waals surface area contributed by atoms with Crippen LogP contribution in [-0.4, -0.2) is 16.8 Å². The lowest BCUT2D eigenvalue weighted by atomic mass is 9.66. The van der Waals surface area contributed by atoms with Crippen LogP contribution < -0.4 is 11.5 Å². The summed E-state index contributed by atoms with van der Waals surface area (Å²) in [6, 6.07) is 0. The van der Waals surface area contributed by atoms with E-state index >= 15 is 0 Å². The van der Waals surface area contributed by atoms with Crippen molar-refractivity contribution in [1.29, 1.82) is 0 Å². The second-order valence-corrected chi connectivity index (χ2v) is 7.59. The summed E-state index contributed by atoms with van der Waals surface area (Å²) in [4.78, 5) is 0. The lowest BCUT2D eigenvalue weighted by molar-refractivity contribution is 0.403. The van der Waals surface area contributed by atoms with Gasteiger partial charge in [-0.25, -0.2) is 0 Å². The van der Waals surface area contributed by atoms with Gasteiger partial charge in [0, 0.05) is 5.70 Å². The predicted octanol–water partition coefficient (Wildman–Crippen LogP) is 5.66. The fourth-order valence-corrected chi connectivity index (χ4v) is 4.06. The number of aliphatic hydroxyl groups is 2. The summed E-state index contributed by atoms with van der Waals surface area (Å²) < 4.78 is 0. The van der Waals surface area contributed by atoms with Crippen LogP contribution in [0.5, 0.6) is 0 Å². The molecule has 2 aliphatic rings. The van der Waals surface area contributed by atoms with Crippen LogP contribution in [-0.2, 0) is 0 Å². The average Bonchev–Trinajstić information content (AvgIpc) is 2.89. The van der Waals surface area contributed by atoms with E-state index in [1.807, 2.05) is 44.2 Å². The molecule has 0 aromatic carbocycles. The van der Waals surface area contributed by atoms with Gasteiger partial charge in [0.1, 0.15) is 11.5 Å². The maximum absolute atomic E-state index is 10.1. The molecule has 0 amide bonds. The van der Waals surface area contributed by atoms with Gasteiger partial charge in [-0.1, -0.05) is 48.6 Å². The van der Waals surface area contributed by atoms with E-state index in [9.17, 15) is 10.2 Å². The zero-order valence-electron chi connectivity index (χ0n) is 18.7. The molecule has 2 rings (SSSR count). The van der Waals surface area contributed by atoms with Crippen molar-refractivity contribution < 1.29 is 10.2 Å². The summed E-state index contributed by atoms with van der Waals surface area (Å²) in [6.07, 6.45) is 18.8. The van der Waals surface area contributed by atoms with E-state index in [1.165, 1.54) is 0 Å². The Morgan fingerprint density at radius 1 is 1.23 bits per heavy atom. The lowest BCUT2D eigenvalue weighted by Crippen LogP contribution is -2.26. The van der Waals surface area contributed by atoms with Gasteiger partial charge in [0.25, 0.3) is 0 Å². The first-order valence-corrected chi connectivity index (χ1v) is 10.2. The molecule has 0 fully saturated rings. The molecule has 0 aromatic rings. The molecule has 1 unspecified atom stereocenters. The molecule has 4 nitrogen and oxygen atoms in total. The van der Waals surface area contributed by atoms with Crippen LogP contribution >= 0.6 is 0 Å². The molecule has 0 bridgehead atoms. The molecule has 31 heavy (non-hydrogen) atoms. The summed E-state index contributed by atoms with van der Waals surface area (Å²) in [5, 5.41) is 20.0. The quantitative estimate of drug-likeness (QED) is 0.245. The maximum atomic E-state index is 10.1. The van der Waals surface area contributed by atoms with E-state index in [1.54, 1.807) is 25.2 Å². The molecular formula is C27H32N2O2. The highest BCUT2D eigenvalue weighted by atomic mass is 16.3. The van der Waals surface area contributed by atoms with E-state index in [2.05, 4.69) is 31.4 Å². The summed E-state index contributed by atoms with van der Waals surface area (Å²) in [7, 11) is 0. The van der Waals surface area contributed by atoms with Crippen LogP contribution in [0.1, 0.15) is 27.7 Å². The van der Waals surface area contributed by atoms with Crippen molar-refractivity contribution in [2.24, 2.45) is 16.9 Å². The van der Waals surface area contributed by atoms with Crippen LogP contribution in [0, 0.1) is 5.41 Å². The molecule has 0 aromatic heterocycles. The highest BCUT2D eigenvalue weighted by molar-refractivity contribution is 5.72. The van der Waals surface area contributed by atoms with Crippen LogP contribution in [0.3, 0.4) is 0 Å². The fraction of sp³-hybridized carbons (Fsp3) is 0.222. The fourth-order valence-electron chi connectivity index (χ4n) is 4.06. The molecule has 4 heteroatoms. The number of aliphatic hydroxyl groups excluding tert-OH is 2. The Kier molecular flexibility index (Phi) is 7.71. The van der Waals surface area contributed by atoms with E-state index in [0.717, 1.165) is 33.4 Å². The number of hydrogen-bond acceptors (Lipinski definition) is 4. The molecule has 0 spiro atoms. The molecule has 2 aliphatic carbocycles. The van der Waals surface area contributed by atoms with Gasteiger partial charge in [0.15, 0.2) is 0 Å². The molecule has 0 saturated heterocycles. The first kappa shape index (κ1) is 23.8. The monoisotopic (exact) mass is 416 g/mol. The van der Waals surface area contributed by atoms with Crippen molar-refractivity contribution in [2.45, 2.75) is 27.7 Å². The zero-order chi connectivity index (χ0) is 23.2. The minimum absolute atomic E-state index is 0.000846. The minimum atomic E-state index is -0.679. The molecule has 6 N–H and O–H groups in total. The van der Waals surface area contributed by atoms with Gasteiger partial charge in [-0.15, -0.1) is 5.73 Å². The van der Waals surface area contributed by atoms with Gasteiger partial charge in [-0.2, -0.15) is 0 Å². The standard InChI is InChI=1S/C27H32N2O2/c1-6-10-23-20(4)27(18(2)13-15-22(30)17-28,19(3)14-16-26(31)21(5)29)25-12-9-7-8-11-24(23)25/h6-7,9-16,30-31H,3,17,28-29H2,1-2,4-5H3/b10-6-,16-14-,18-13+,22-15+,26-21-. The van der Waals surface area contributed by atoms with Gasteiger partial charge < -0.3 is 21.7 Å². The van der Waals surface area contributed by atoms with Crippen molar-refractivity contribution in [3.05, 3.63) is 124 Å². The largest absolute Gasteiger partial charge is 0.511 e. The van der Waals surface area contributed by atoms with Crippen molar-refractivity contribution in [2.75, 3.05) is 6.54 Å². The van der Waals surface area contributed by atoms with Gasteiger partial charge in [-0.05, 0) is 79.9 Å². The summed E-state index contributed by atoms with van der Waals surface area (Å²) in [6.45, 7) is 12.2. The third-order valence-corrected chi connectivity index (χ3v) is 5.62. The third kappa shape index (κ3) is 4.51. The van der Waals surface area contributed by atoms with Gasteiger partial charge >= 0.3 is 0 Å². The summed E-state index contributed by atoms with van der Waals surface area (Å²) in [5.74, 6) is 0.0922. The molecule has 0 saturated carbocycles. The van der Waals surface area contributed by atoms with Crippen LogP contribution in [0.4, 0.5) is 0 Å². The van der Waals surface area contributed by atoms with Crippen molar-refractivity contribution >= 4 is 0 Å². The summed E-state index contributed by atoms with van der Waals surface area (Å²) >= 11 is 0. The van der Waals surface area contributed by atoms with E-state index in [0.29, 0.717) is 5.70 Å². The second-order valence-electron chi connectivity index (χ2n) is 7.59. The Morgan fingerprint density at radius 3 is 2.55 bits per heavy atom. The second kappa shape index (κ2) is 10.0. The van der Waals surface area contributed by atoms with Crippen LogP contribution in [0.25, 0.3) is 0 Å². The van der Waals surface area contributed by atoms with Crippen molar-refractivity contribution in [3.8, 4) is 0 Å². The van der Waals surface area contributed by atoms with E-state index < -0.39 is 5.41 Å². The highest BCUT2D eigenvalue weighted by Gasteiger charge is 2.45. The number of nitrogens with two attached hydrogens (primary N) is 2. The normalized spacial score (nSPS) is 22.6. The molecule has 0 aliphatic heterocycles. The van der Waals surface area contributed by atoms with Gasteiger partial charge in [-0.3, -0.25) is 0 Å². The van der Waals surface area contributed by atoms with Crippen LogP contribution in [0.15, 0.2) is 124 Å². The Morgan fingerprint density at radius 2 is 1.94 bits per heavy atom. The average molecular weight is 417 g/mol. The van der Waals surface area contributed by atoms with Crippen molar-refractivity contribution in [1.82, 2.24) is 0 Å². The van der Waals surface area contributed by atoms with Crippen LogP contribution in [0.2, 0.25) is 0 Å². The first-order chi connectivity index (χ1) is 14.7. The number of rotatable bonds is 7. The third-order valence-electron chi connectivity index (χ3n) is 5.62.